The Bertz CT molecular complexity index is 1020. The average Bonchev–Trinajstić information content (AvgIpc) is 3.25. The number of H-pyrrole nitrogens is 1. The third kappa shape index (κ3) is 3.79. The minimum absolute atomic E-state index is 0.0508. The quantitative estimate of drug-likeness (QED) is 0.733. The van der Waals surface area contributed by atoms with Gasteiger partial charge in [-0.1, -0.05) is 0 Å². The van der Waals surface area contributed by atoms with Gasteiger partial charge in [0.25, 0.3) is 5.91 Å². The highest BCUT2D eigenvalue weighted by Gasteiger charge is 2.25. The molecule has 2 aliphatic rings. The molecular weight excluding hydrogens is 368 g/mol. The van der Waals surface area contributed by atoms with E-state index in [0.717, 1.165) is 50.0 Å². The average molecular weight is 392 g/mol. The molecule has 0 radical (unpaired) electrons. The first kappa shape index (κ1) is 18.0. The molecule has 0 spiro atoms. The van der Waals surface area contributed by atoms with Gasteiger partial charge in [-0.15, -0.1) is 5.10 Å². The highest BCUT2D eigenvalue weighted by molar-refractivity contribution is 5.97. The van der Waals surface area contributed by atoms with Crippen molar-refractivity contribution in [3.63, 3.8) is 0 Å². The number of aryl methyl sites for hydroxylation is 2. The lowest BCUT2D eigenvalue weighted by molar-refractivity contribution is 0.0659. The maximum atomic E-state index is 12.8. The molecule has 1 saturated heterocycles. The maximum absolute atomic E-state index is 12.8. The molecule has 150 valence electrons. The Kier molecular flexibility index (Phi) is 4.83. The van der Waals surface area contributed by atoms with Crippen molar-refractivity contribution in [2.75, 3.05) is 19.7 Å². The number of nitrogens with one attached hydrogen (secondary N) is 1. The van der Waals surface area contributed by atoms with Gasteiger partial charge in [-0.25, -0.2) is 0 Å². The molecule has 3 aromatic rings. The van der Waals surface area contributed by atoms with Crippen molar-refractivity contribution in [3.05, 3.63) is 41.1 Å². The van der Waals surface area contributed by atoms with Crippen molar-refractivity contribution in [3.8, 4) is 5.88 Å². The molecule has 0 bridgehead atoms. The number of rotatable bonds is 4. The zero-order chi connectivity index (χ0) is 19.6. The number of nitrogens with zero attached hydrogens (tertiary/aromatic N) is 5. The van der Waals surface area contributed by atoms with E-state index in [0.29, 0.717) is 29.5 Å². The predicted molar refractivity (Wildman–Crippen MR) is 107 cm³/mol. The fraction of sp³-hybridized carbons (Fsp3) is 0.476. The molecule has 5 rings (SSSR count). The van der Waals surface area contributed by atoms with Crippen LogP contribution in [0.2, 0.25) is 0 Å². The largest absolute Gasteiger partial charge is 0.476 e. The van der Waals surface area contributed by atoms with Crippen molar-refractivity contribution in [2.24, 2.45) is 5.92 Å². The third-order valence-corrected chi connectivity index (χ3v) is 5.98. The summed E-state index contributed by atoms with van der Waals surface area (Å²) in [5.74, 6) is 1.11. The number of piperidine rings is 1. The van der Waals surface area contributed by atoms with Gasteiger partial charge in [0, 0.05) is 24.7 Å². The molecule has 0 saturated carbocycles. The van der Waals surface area contributed by atoms with Gasteiger partial charge in [0.05, 0.1) is 12.3 Å². The van der Waals surface area contributed by atoms with E-state index in [4.69, 9.17) is 4.74 Å². The van der Waals surface area contributed by atoms with Gasteiger partial charge >= 0.3 is 0 Å². The summed E-state index contributed by atoms with van der Waals surface area (Å²) in [5.41, 5.74) is 4.54. The van der Waals surface area contributed by atoms with E-state index < -0.39 is 0 Å². The van der Waals surface area contributed by atoms with Crippen LogP contribution in [0.4, 0.5) is 0 Å². The standard InChI is InChI=1S/C21H24N6O2/c28-21(16-5-6-18-19(11-16)24-26-23-18)27-9-7-14(8-10-27)13-29-20-12-15-3-1-2-4-17(15)22-25-20/h5-6,11-12,14H,1-4,7-10,13H2,(H,23,24,26). The van der Waals surface area contributed by atoms with Gasteiger partial charge in [0.1, 0.15) is 11.0 Å². The number of carbonyl (C=O) groups excluding carboxylic acids is 1. The van der Waals surface area contributed by atoms with Gasteiger partial charge in [-0.2, -0.15) is 20.5 Å². The van der Waals surface area contributed by atoms with Crippen LogP contribution in [-0.4, -0.2) is 56.1 Å². The molecule has 1 amide bonds. The van der Waals surface area contributed by atoms with Crippen LogP contribution in [0.15, 0.2) is 24.3 Å². The molecule has 0 unspecified atom stereocenters. The van der Waals surface area contributed by atoms with Gasteiger partial charge in [-0.3, -0.25) is 4.79 Å². The Morgan fingerprint density at radius 1 is 1.07 bits per heavy atom. The predicted octanol–water partition coefficient (Wildman–Crippen LogP) is 2.56. The first-order chi connectivity index (χ1) is 14.3. The summed E-state index contributed by atoms with van der Waals surface area (Å²) in [5, 5.41) is 19.2. The Labute approximate surface area is 168 Å². The second-order valence-electron chi connectivity index (χ2n) is 7.94. The molecule has 8 nitrogen and oxygen atoms in total. The summed E-state index contributed by atoms with van der Waals surface area (Å²) in [6.45, 7) is 2.10. The Balaban J connectivity index is 1.15. The zero-order valence-corrected chi connectivity index (χ0v) is 16.3. The van der Waals surface area contributed by atoms with Crippen molar-refractivity contribution < 1.29 is 9.53 Å². The number of ether oxygens (including phenoxy) is 1. The smallest absolute Gasteiger partial charge is 0.253 e. The molecule has 8 heteroatoms. The highest BCUT2D eigenvalue weighted by atomic mass is 16.5. The van der Waals surface area contributed by atoms with Crippen LogP contribution in [0.1, 0.15) is 47.3 Å². The number of aromatic amines is 1. The fourth-order valence-corrected chi connectivity index (χ4v) is 4.20. The lowest BCUT2D eigenvalue weighted by Gasteiger charge is -2.31. The van der Waals surface area contributed by atoms with Crippen LogP contribution in [0.5, 0.6) is 5.88 Å². The second-order valence-corrected chi connectivity index (χ2v) is 7.94. The number of hydrogen-bond donors (Lipinski definition) is 1. The van der Waals surface area contributed by atoms with E-state index in [-0.39, 0.29) is 5.91 Å². The summed E-state index contributed by atoms with van der Waals surface area (Å²) in [7, 11) is 0. The van der Waals surface area contributed by atoms with Crippen LogP contribution in [0.3, 0.4) is 0 Å². The van der Waals surface area contributed by atoms with Crippen LogP contribution in [0.25, 0.3) is 11.0 Å². The number of likely N-dealkylation sites (tertiary alicyclic amines) is 1. The van der Waals surface area contributed by atoms with Gasteiger partial charge < -0.3 is 9.64 Å². The van der Waals surface area contributed by atoms with Crippen molar-refractivity contribution >= 4 is 16.9 Å². The number of hydrogen-bond acceptors (Lipinski definition) is 6. The Morgan fingerprint density at radius 3 is 2.79 bits per heavy atom. The van der Waals surface area contributed by atoms with Crippen molar-refractivity contribution in [2.45, 2.75) is 38.5 Å². The van der Waals surface area contributed by atoms with Crippen LogP contribution >= 0.6 is 0 Å². The number of amides is 1. The van der Waals surface area contributed by atoms with Crippen LogP contribution in [-0.2, 0) is 12.8 Å². The zero-order valence-electron chi connectivity index (χ0n) is 16.3. The van der Waals surface area contributed by atoms with Crippen LogP contribution in [0, 0.1) is 5.92 Å². The molecule has 2 aromatic heterocycles. The normalized spacial score (nSPS) is 17.3. The van der Waals surface area contributed by atoms with Gasteiger partial charge in [0.15, 0.2) is 0 Å². The number of aromatic nitrogens is 5. The molecular formula is C21H24N6O2. The van der Waals surface area contributed by atoms with Gasteiger partial charge in [-0.05, 0) is 68.2 Å². The van der Waals surface area contributed by atoms with E-state index in [1.807, 2.05) is 17.0 Å². The summed E-state index contributed by atoms with van der Waals surface area (Å²) in [4.78, 5) is 14.7. The Hall–Kier alpha value is -3.03. The molecule has 29 heavy (non-hydrogen) atoms. The highest BCUT2D eigenvalue weighted by Crippen LogP contribution is 2.24. The first-order valence-corrected chi connectivity index (χ1v) is 10.3. The summed E-state index contributed by atoms with van der Waals surface area (Å²) >= 11 is 0. The lowest BCUT2D eigenvalue weighted by atomic mass is 9.96. The molecule has 3 heterocycles. The summed E-state index contributed by atoms with van der Waals surface area (Å²) < 4.78 is 5.94. The van der Waals surface area contributed by atoms with E-state index in [2.05, 4.69) is 31.7 Å². The number of fused-ring (bicyclic) bond motifs is 2. The minimum atomic E-state index is 0.0508. The van der Waals surface area contributed by atoms with E-state index >= 15 is 0 Å². The van der Waals surface area contributed by atoms with Crippen LogP contribution < -0.4 is 4.74 Å². The molecule has 1 N–H and O–H groups in total. The number of carbonyl (C=O) groups is 1. The Morgan fingerprint density at radius 2 is 1.90 bits per heavy atom. The van der Waals surface area contributed by atoms with Gasteiger partial charge in [0.2, 0.25) is 5.88 Å². The second kappa shape index (κ2) is 7.77. The van der Waals surface area contributed by atoms with Crippen molar-refractivity contribution in [1.82, 2.24) is 30.5 Å². The first-order valence-electron chi connectivity index (χ1n) is 10.3. The summed E-state index contributed by atoms with van der Waals surface area (Å²) in [6.07, 6.45) is 6.37. The lowest BCUT2D eigenvalue weighted by Crippen LogP contribution is -2.39. The topological polar surface area (TPSA) is 96.9 Å². The monoisotopic (exact) mass is 392 g/mol. The molecule has 1 aromatic carbocycles. The third-order valence-electron chi connectivity index (χ3n) is 5.98. The molecule has 1 fully saturated rings. The number of benzene rings is 1. The van der Waals surface area contributed by atoms with E-state index in [1.165, 1.54) is 18.4 Å². The fourth-order valence-electron chi connectivity index (χ4n) is 4.20. The molecule has 0 atom stereocenters. The van der Waals surface area contributed by atoms with E-state index in [1.54, 1.807) is 6.07 Å². The molecule has 1 aliphatic carbocycles. The molecule has 1 aliphatic heterocycles. The van der Waals surface area contributed by atoms with Crippen molar-refractivity contribution in [1.29, 1.82) is 0 Å². The van der Waals surface area contributed by atoms with E-state index in [9.17, 15) is 4.79 Å². The SMILES string of the molecule is O=C(c1ccc2n[nH]nc2c1)N1CCC(COc2cc3c(nn2)CCCC3)CC1. The summed E-state index contributed by atoms with van der Waals surface area (Å²) in [6, 6.07) is 7.49. The minimum Gasteiger partial charge on any atom is -0.476 e. The maximum Gasteiger partial charge on any atom is 0.253 e.